The lowest BCUT2D eigenvalue weighted by Gasteiger charge is -2.18. The summed E-state index contributed by atoms with van der Waals surface area (Å²) in [6.45, 7) is 9.56. The summed E-state index contributed by atoms with van der Waals surface area (Å²) < 4.78 is 1.84. The molecule has 0 bridgehead atoms. The van der Waals surface area contributed by atoms with E-state index in [0.717, 1.165) is 17.8 Å². The fourth-order valence-electron chi connectivity index (χ4n) is 1.73. The van der Waals surface area contributed by atoms with E-state index in [-0.39, 0.29) is 5.41 Å². The van der Waals surface area contributed by atoms with E-state index in [4.69, 9.17) is 0 Å². The Kier molecular flexibility index (Phi) is 3.01. The molecule has 0 unspecified atom stereocenters. The number of aryl methyl sites for hydroxylation is 1. The molecule has 0 atom stereocenters. The fraction of sp³-hybridized carbons (Fsp3) is 0.429. The van der Waals surface area contributed by atoms with E-state index in [1.54, 1.807) is 0 Å². The van der Waals surface area contributed by atoms with Crippen molar-refractivity contribution in [3.8, 4) is 11.3 Å². The van der Waals surface area contributed by atoms with Gasteiger partial charge < -0.3 is 0 Å². The van der Waals surface area contributed by atoms with Crippen LogP contribution < -0.4 is 0 Å². The monoisotopic (exact) mass is 229 g/mol. The molecule has 2 aromatic rings. The van der Waals surface area contributed by atoms with Crippen LogP contribution in [0.25, 0.3) is 11.3 Å². The molecule has 17 heavy (non-hydrogen) atoms. The first kappa shape index (κ1) is 11.8. The van der Waals surface area contributed by atoms with Gasteiger partial charge in [-0.3, -0.25) is 4.68 Å². The van der Waals surface area contributed by atoms with Crippen molar-refractivity contribution in [1.29, 1.82) is 0 Å². The van der Waals surface area contributed by atoms with Crippen molar-refractivity contribution in [3.63, 3.8) is 0 Å². The molecule has 0 saturated heterocycles. The Morgan fingerprint density at radius 1 is 1.12 bits per heavy atom. The van der Waals surface area contributed by atoms with Crippen LogP contribution in [-0.4, -0.2) is 15.0 Å². The van der Waals surface area contributed by atoms with Crippen LogP contribution in [0.2, 0.25) is 0 Å². The predicted molar refractivity (Wildman–Crippen MR) is 69.8 cm³/mol. The molecule has 1 aromatic heterocycles. The number of hydrogen-bond donors (Lipinski definition) is 0. The minimum atomic E-state index is 0.194. The van der Waals surface area contributed by atoms with Gasteiger partial charge in [-0.05, 0) is 17.9 Å². The lowest BCUT2D eigenvalue weighted by atomic mass is 9.86. The van der Waals surface area contributed by atoms with Gasteiger partial charge in [0, 0.05) is 12.1 Å². The van der Waals surface area contributed by atoms with Gasteiger partial charge >= 0.3 is 0 Å². The predicted octanol–water partition coefficient (Wildman–Crippen LogP) is 3.26. The minimum absolute atomic E-state index is 0.194. The van der Waals surface area contributed by atoms with Gasteiger partial charge in [-0.1, -0.05) is 50.3 Å². The maximum atomic E-state index is 4.16. The van der Waals surface area contributed by atoms with Gasteiger partial charge in [-0.15, -0.1) is 5.10 Å². The molecule has 1 heterocycles. The van der Waals surface area contributed by atoms with Crippen LogP contribution in [0.15, 0.2) is 30.5 Å². The lowest BCUT2D eigenvalue weighted by molar-refractivity contribution is 0.590. The quantitative estimate of drug-likeness (QED) is 0.791. The SMILES string of the molecule is CCn1cc(-c2ccc(C(C)(C)C)cc2)nn1. The summed E-state index contributed by atoms with van der Waals surface area (Å²) in [7, 11) is 0. The van der Waals surface area contributed by atoms with Crippen LogP contribution in [0.3, 0.4) is 0 Å². The zero-order valence-corrected chi connectivity index (χ0v) is 10.9. The Labute approximate surface area is 102 Å². The molecule has 0 aliphatic carbocycles. The highest BCUT2D eigenvalue weighted by atomic mass is 15.4. The third kappa shape index (κ3) is 2.54. The van der Waals surface area contributed by atoms with Gasteiger partial charge in [-0.25, -0.2) is 0 Å². The van der Waals surface area contributed by atoms with Crippen LogP contribution in [0.4, 0.5) is 0 Å². The standard InChI is InChI=1S/C14H19N3/c1-5-17-10-13(15-16-17)11-6-8-12(9-7-11)14(2,3)4/h6-10H,5H2,1-4H3. The summed E-state index contributed by atoms with van der Waals surface area (Å²) in [4.78, 5) is 0. The lowest BCUT2D eigenvalue weighted by Crippen LogP contribution is -2.10. The Morgan fingerprint density at radius 2 is 1.76 bits per heavy atom. The maximum Gasteiger partial charge on any atom is 0.113 e. The van der Waals surface area contributed by atoms with Gasteiger partial charge in [0.2, 0.25) is 0 Å². The summed E-state index contributed by atoms with van der Waals surface area (Å²) >= 11 is 0. The van der Waals surface area contributed by atoms with E-state index in [1.165, 1.54) is 5.56 Å². The van der Waals surface area contributed by atoms with Crippen LogP contribution in [-0.2, 0) is 12.0 Å². The molecule has 3 heteroatoms. The molecule has 0 amide bonds. The van der Waals surface area contributed by atoms with Crippen molar-refractivity contribution in [3.05, 3.63) is 36.0 Å². The highest BCUT2D eigenvalue weighted by Gasteiger charge is 2.13. The van der Waals surface area contributed by atoms with Crippen molar-refractivity contribution in [2.24, 2.45) is 0 Å². The van der Waals surface area contributed by atoms with Crippen molar-refractivity contribution in [1.82, 2.24) is 15.0 Å². The number of hydrogen-bond acceptors (Lipinski definition) is 2. The second kappa shape index (κ2) is 4.32. The van der Waals surface area contributed by atoms with Crippen molar-refractivity contribution in [2.45, 2.75) is 39.7 Å². The number of aromatic nitrogens is 3. The zero-order valence-electron chi connectivity index (χ0n) is 10.9. The van der Waals surface area contributed by atoms with Gasteiger partial charge in [0.25, 0.3) is 0 Å². The molecule has 3 nitrogen and oxygen atoms in total. The van der Waals surface area contributed by atoms with Gasteiger partial charge in [0.1, 0.15) is 5.69 Å². The molecule has 90 valence electrons. The van der Waals surface area contributed by atoms with E-state index in [1.807, 2.05) is 10.9 Å². The average molecular weight is 229 g/mol. The molecule has 0 aliphatic rings. The van der Waals surface area contributed by atoms with E-state index in [2.05, 4.69) is 62.3 Å². The van der Waals surface area contributed by atoms with E-state index in [9.17, 15) is 0 Å². The van der Waals surface area contributed by atoms with Crippen molar-refractivity contribution < 1.29 is 0 Å². The van der Waals surface area contributed by atoms with Crippen LogP contribution in [0.1, 0.15) is 33.3 Å². The zero-order chi connectivity index (χ0) is 12.5. The summed E-state index contributed by atoms with van der Waals surface area (Å²) in [5.74, 6) is 0. The van der Waals surface area contributed by atoms with Crippen molar-refractivity contribution in [2.75, 3.05) is 0 Å². The second-order valence-electron chi connectivity index (χ2n) is 5.29. The molecular weight excluding hydrogens is 210 g/mol. The maximum absolute atomic E-state index is 4.16. The molecule has 0 aliphatic heterocycles. The summed E-state index contributed by atoms with van der Waals surface area (Å²) in [5.41, 5.74) is 3.59. The first-order chi connectivity index (χ1) is 8.00. The topological polar surface area (TPSA) is 30.7 Å². The summed E-state index contributed by atoms with van der Waals surface area (Å²) in [6, 6.07) is 8.57. The van der Waals surface area contributed by atoms with Crippen LogP contribution in [0.5, 0.6) is 0 Å². The molecule has 0 fully saturated rings. The Morgan fingerprint density at radius 3 is 2.24 bits per heavy atom. The van der Waals surface area contributed by atoms with Gasteiger partial charge in [0.15, 0.2) is 0 Å². The minimum Gasteiger partial charge on any atom is -0.252 e. The van der Waals surface area contributed by atoms with E-state index in [0.29, 0.717) is 0 Å². The highest BCUT2D eigenvalue weighted by molar-refractivity contribution is 5.58. The first-order valence-corrected chi connectivity index (χ1v) is 6.02. The normalized spacial score (nSPS) is 11.8. The van der Waals surface area contributed by atoms with Crippen LogP contribution >= 0.6 is 0 Å². The third-order valence-corrected chi connectivity index (χ3v) is 2.91. The smallest absolute Gasteiger partial charge is 0.113 e. The van der Waals surface area contributed by atoms with Crippen LogP contribution in [0, 0.1) is 0 Å². The Hall–Kier alpha value is -1.64. The van der Waals surface area contributed by atoms with E-state index < -0.39 is 0 Å². The second-order valence-corrected chi connectivity index (χ2v) is 5.29. The Balaban J connectivity index is 2.29. The van der Waals surface area contributed by atoms with Crippen molar-refractivity contribution >= 4 is 0 Å². The molecule has 0 spiro atoms. The molecule has 2 rings (SSSR count). The first-order valence-electron chi connectivity index (χ1n) is 6.02. The fourth-order valence-corrected chi connectivity index (χ4v) is 1.73. The molecule has 0 N–H and O–H groups in total. The summed E-state index contributed by atoms with van der Waals surface area (Å²) in [5, 5.41) is 8.21. The molecule has 0 radical (unpaired) electrons. The largest absolute Gasteiger partial charge is 0.252 e. The number of rotatable bonds is 2. The molecule has 0 saturated carbocycles. The number of benzene rings is 1. The average Bonchev–Trinajstić information content (AvgIpc) is 2.76. The van der Waals surface area contributed by atoms with Gasteiger partial charge in [0.05, 0.1) is 6.20 Å². The summed E-state index contributed by atoms with van der Waals surface area (Å²) in [6.07, 6.45) is 1.98. The molecule has 1 aromatic carbocycles. The third-order valence-electron chi connectivity index (χ3n) is 2.91. The van der Waals surface area contributed by atoms with E-state index >= 15 is 0 Å². The Bertz CT molecular complexity index is 489. The number of nitrogens with zero attached hydrogens (tertiary/aromatic N) is 3. The highest BCUT2D eigenvalue weighted by Crippen LogP contribution is 2.24. The van der Waals surface area contributed by atoms with Gasteiger partial charge in [-0.2, -0.15) is 0 Å². The molecular formula is C14H19N3.